The Labute approximate surface area is 184 Å². The predicted molar refractivity (Wildman–Crippen MR) is 118 cm³/mol. The minimum absolute atomic E-state index is 0.201. The van der Waals surface area contributed by atoms with E-state index < -0.39 is 0 Å². The van der Waals surface area contributed by atoms with Gasteiger partial charge < -0.3 is 10.6 Å². The molecule has 0 bridgehead atoms. The van der Waals surface area contributed by atoms with Gasteiger partial charge in [0.2, 0.25) is 0 Å². The molecule has 152 valence electrons. The molecular formula is C20H21Cl2N5OS. The van der Waals surface area contributed by atoms with Crippen molar-refractivity contribution < 1.29 is 4.79 Å². The summed E-state index contributed by atoms with van der Waals surface area (Å²) in [4.78, 5) is 11.8. The van der Waals surface area contributed by atoms with Crippen molar-refractivity contribution in [3.63, 3.8) is 0 Å². The maximum atomic E-state index is 11.8. The highest BCUT2D eigenvalue weighted by Gasteiger charge is 2.18. The fourth-order valence-electron chi connectivity index (χ4n) is 2.74. The van der Waals surface area contributed by atoms with E-state index >= 15 is 0 Å². The van der Waals surface area contributed by atoms with Crippen molar-refractivity contribution >= 4 is 41.0 Å². The van der Waals surface area contributed by atoms with Crippen LogP contribution >= 0.6 is 35.0 Å². The van der Waals surface area contributed by atoms with E-state index in [-0.39, 0.29) is 12.6 Å². The molecule has 0 unspecified atom stereocenters. The fourth-order valence-corrected chi connectivity index (χ4v) is 4.01. The summed E-state index contributed by atoms with van der Waals surface area (Å²) < 4.78 is 1.83. The lowest BCUT2D eigenvalue weighted by atomic mass is 10.2. The molecule has 0 atom stereocenters. The largest absolute Gasteiger partial charge is 0.338 e. The highest BCUT2D eigenvalue weighted by molar-refractivity contribution is 7.98. The van der Waals surface area contributed by atoms with Gasteiger partial charge in [0.05, 0.1) is 17.3 Å². The zero-order valence-corrected chi connectivity index (χ0v) is 18.4. The Morgan fingerprint density at radius 2 is 1.97 bits per heavy atom. The number of amides is 2. The second-order valence-corrected chi connectivity index (χ2v) is 8.11. The van der Waals surface area contributed by atoms with Gasteiger partial charge in [-0.1, -0.05) is 64.8 Å². The van der Waals surface area contributed by atoms with Crippen molar-refractivity contribution in [2.45, 2.75) is 31.3 Å². The third-order valence-corrected chi connectivity index (χ3v) is 5.60. The third-order valence-electron chi connectivity index (χ3n) is 4.04. The Morgan fingerprint density at radius 3 is 2.72 bits per heavy atom. The molecule has 6 nitrogen and oxygen atoms in total. The first kappa shape index (κ1) is 21.5. The molecule has 0 aliphatic rings. The van der Waals surface area contributed by atoms with Crippen LogP contribution in [0.15, 0.2) is 47.6 Å². The van der Waals surface area contributed by atoms with Gasteiger partial charge in [0.15, 0.2) is 11.0 Å². The second-order valence-electron chi connectivity index (χ2n) is 6.32. The van der Waals surface area contributed by atoms with Crippen molar-refractivity contribution in [2.24, 2.45) is 0 Å². The zero-order valence-electron chi connectivity index (χ0n) is 16.1. The molecule has 0 aliphatic carbocycles. The molecule has 2 amide bonds. The molecule has 3 rings (SSSR count). The molecule has 2 aromatic carbocycles. The first-order chi connectivity index (χ1) is 14.0. The number of aryl methyl sites for hydroxylation is 1. The minimum Gasteiger partial charge on any atom is -0.338 e. The molecule has 3 aromatic rings. The zero-order chi connectivity index (χ0) is 20.8. The van der Waals surface area contributed by atoms with E-state index in [0.717, 1.165) is 5.75 Å². The number of halogens is 2. The van der Waals surface area contributed by atoms with Gasteiger partial charge in [0, 0.05) is 17.3 Å². The van der Waals surface area contributed by atoms with Crippen LogP contribution in [0.1, 0.15) is 23.9 Å². The Morgan fingerprint density at radius 1 is 1.14 bits per heavy atom. The predicted octanol–water partition coefficient (Wildman–Crippen LogP) is 4.99. The van der Waals surface area contributed by atoms with E-state index in [1.54, 1.807) is 30.0 Å². The molecule has 1 heterocycles. The number of hydrogen-bond acceptors (Lipinski definition) is 4. The lowest BCUT2D eigenvalue weighted by molar-refractivity contribution is 0.240. The number of rotatable bonds is 7. The number of hydrogen-bond donors (Lipinski definition) is 2. The van der Waals surface area contributed by atoms with Gasteiger partial charge in [-0.05, 0) is 37.6 Å². The number of nitrogens with zero attached hydrogens (tertiary/aromatic N) is 3. The van der Waals surface area contributed by atoms with Gasteiger partial charge in [0.25, 0.3) is 0 Å². The number of aromatic nitrogens is 3. The Balaban J connectivity index is 1.91. The highest BCUT2D eigenvalue weighted by atomic mass is 35.5. The summed E-state index contributed by atoms with van der Waals surface area (Å²) in [6, 6.07) is 13.3. The molecule has 0 fully saturated rings. The van der Waals surface area contributed by atoms with Gasteiger partial charge in [-0.2, -0.15) is 0 Å². The quantitative estimate of drug-likeness (QED) is 0.498. The summed E-state index contributed by atoms with van der Waals surface area (Å²) in [6.07, 6.45) is 0. The molecule has 1 aromatic heterocycles. The van der Waals surface area contributed by atoms with Gasteiger partial charge in [-0.3, -0.25) is 4.57 Å². The van der Waals surface area contributed by atoms with E-state index in [1.165, 1.54) is 11.1 Å². The highest BCUT2D eigenvalue weighted by Crippen LogP contribution is 2.31. The van der Waals surface area contributed by atoms with Gasteiger partial charge in [0.1, 0.15) is 0 Å². The Bertz CT molecular complexity index is 1010. The fraction of sp³-hybridized carbons (Fsp3) is 0.250. The number of carbonyl (C=O) groups is 1. The third kappa shape index (κ3) is 5.65. The topological polar surface area (TPSA) is 71.8 Å². The SMILES string of the molecule is CCNC(=O)NCc1nnc(SCc2cccc(C)c2)n1-c1cc(Cl)ccc1Cl. The van der Waals surface area contributed by atoms with Crippen LogP contribution in [-0.4, -0.2) is 27.3 Å². The van der Waals surface area contributed by atoms with Gasteiger partial charge in [-0.25, -0.2) is 4.79 Å². The lowest BCUT2D eigenvalue weighted by Gasteiger charge is -2.13. The van der Waals surface area contributed by atoms with Crippen LogP contribution in [0, 0.1) is 6.92 Å². The number of carbonyl (C=O) groups excluding carboxylic acids is 1. The molecule has 29 heavy (non-hydrogen) atoms. The van der Waals surface area contributed by atoms with Crippen molar-refractivity contribution in [3.05, 3.63) is 69.5 Å². The maximum absolute atomic E-state index is 11.8. The smallest absolute Gasteiger partial charge is 0.315 e. The number of benzene rings is 2. The van der Waals surface area contributed by atoms with Crippen LogP contribution in [0.2, 0.25) is 10.0 Å². The van der Waals surface area contributed by atoms with Crippen LogP contribution in [0.3, 0.4) is 0 Å². The molecule has 0 spiro atoms. The van der Waals surface area contributed by atoms with Crippen LogP contribution in [-0.2, 0) is 12.3 Å². The number of nitrogens with one attached hydrogen (secondary N) is 2. The Kier molecular flexibility index (Phi) is 7.41. The van der Waals surface area contributed by atoms with Crippen molar-refractivity contribution in [2.75, 3.05) is 6.54 Å². The van der Waals surface area contributed by atoms with E-state index in [1.807, 2.05) is 17.6 Å². The minimum atomic E-state index is -0.270. The average molecular weight is 450 g/mol. The molecule has 9 heteroatoms. The molecule has 0 radical (unpaired) electrons. The number of thioether (sulfide) groups is 1. The summed E-state index contributed by atoms with van der Waals surface area (Å²) >= 11 is 14.2. The van der Waals surface area contributed by atoms with Gasteiger partial charge in [-0.15, -0.1) is 10.2 Å². The van der Waals surface area contributed by atoms with Crippen molar-refractivity contribution in [1.29, 1.82) is 0 Å². The summed E-state index contributed by atoms with van der Waals surface area (Å²) in [5, 5.41) is 15.8. The average Bonchev–Trinajstić information content (AvgIpc) is 3.09. The standard InChI is InChI=1S/C20H21Cl2N5OS/c1-3-23-19(28)24-11-18-25-26-20(29-12-14-6-4-5-13(2)9-14)27(18)17-10-15(21)7-8-16(17)22/h4-10H,3,11-12H2,1-2H3,(H2,23,24,28). The molecule has 0 saturated heterocycles. The maximum Gasteiger partial charge on any atom is 0.315 e. The van der Waals surface area contributed by atoms with Gasteiger partial charge >= 0.3 is 6.03 Å². The summed E-state index contributed by atoms with van der Waals surface area (Å²) in [6.45, 7) is 4.66. The van der Waals surface area contributed by atoms with Crippen LogP contribution < -0.4 is 10.6 Å². The van der Waals surface area contributed by atoms with Crippen molar-refractivity contribution in [1.82, 2.24) is 25.4 Å². The normalized spacial score (nSPS) is 10.8. The van der Waals surface area contributed by atoms with E-state index in [2.05, 4.69) is 46.0 Å². The monoisotopic (exact) mass is 449 g/mol. The van der Waals surface area contributed by atoms with E-state index in [4.69, 9.17) is 23.2 Å². The molecule has 0 saturated carbocycles. The summed E-state index contributed by atoms with van der Waals surface area (Å²) in [5.74, 6) is 1.29. The first-order valence-corrected chi connectivity index (χ1v) is 10.8. The molecule has 2 N–H and O–H groups in total. The molecular weight excluding hydrogens is 429 g/mol. The van der Waals surface area contributed by atoms with Crippen LogP contribution in [0.4, 0.5) is 4.79 Å². The molecule has 0 aliphatic heterocycles. The number of urea groups is 1. The lowest BCUT2D eigenvalue weighted by Crippen LogP contribution is -2.35. The first-order valence-electron chi connectivity index (χ1n) is 9.07. The van der Waals surface area contributed by atoms with E-state index in [0.29, 0.717) is 33.3 Å². The second kappa shape index (κ2) is 10.0. The van der Waals surface area contributed by atoms with Crippen molar-refractivity contribution in [3.8, 4) is 5.69 Å². The van der Waals surface area contributed by atoms with E-state index in [9.17, 15) is 4.79 Å². The Hall–Kier alpha value is -2.22. The summed E-state index contributed by atoms with van der Waals surface area (Å²) in [5.41, 5.74) is 3.06. The van der Waals surface area contributed by atoms with Crippen LogP contribution in [0.25, 0.3) is 5.69 Å². The van der Waals surface area contributed by atoms with Crippen LogP contribution in [0.5, 0.6) is 0 Å². The summed E-state index contributed by atoms with van der Waals surface area (Å²) in [7, 11) is 0.